The van der Waals surface area contributed by atoms with Crippen LogP contribution < -0.4 is 15.4 Å². The minimum atomic E-state index is 0.00176. The second-order valence-electron chi connectivity index (χ2n) is 4.85. The molecule has 0 radical (unpaired) electrons. The zero-order valence-electron chi connectivity index (χ0n) is 11.7. The molecule has 5 heteroatoms. The summed E-state index contributed by atoms with van der Waals surface area (Å²) < 4.78 is 5.42. The van der Waals surface area contributed by atoms with Crippen molar-refractivity contribution in [1.29, 1.82) is 0 Å². The first-order valence-corrected chi connectivity index (χ1v) is 6.72. The molecule has 1 heterocycles. The van der Waals surface area contributed by atoms with Gasteiger partial charge in [-0.3, -0.25) is 9.89 Å². The van der Waals surface area contributed by atoms with Gasteiger partial charge in [0.2, 0.25) is 0 Å². The first-order chi connectivity index (χ1) is 10.2. The summed E-state index contributed by atoms with van der Waals surface area (Å²) in [6.45, 7) is 0.578. The number of guanidine groups is 1. The lowest BCUT2D eigenvalue weighted by Gasteiger charge is -2.28. The highest BCUT2D eigenvalue weighted by atomic mass is 16.5. The molecule has 21 heavy (non-hydrogen) atoms. The molecule has 0 saturated heterocycles. The zero-order chi connectivity index (χ0) is 14.8. The van der Waals surface area contributed by atoms with Gasteiger partial charge in [-0.2, -0.15) is 0 Å². The second kappa shape index (κ2) is 5.36. The Morgan fingerprint density at radius 3 is 2.62 bits per heavy atom. The van der Waals surface area contributed by atoms with E-state index in [0.29, 0.717) is 12.5 Å². The molecule has 1 atom stereocenters. The fourth-order valence-electron chi connectivity index (χ4n) is 2.57. The van der Waals surface area contributed by atoms with Gasteiger partial charge in [-0.05, 0) is 29.8 Å². The van der Waals surface area contributed by atoms with Crippen LogP contribution in [0.2, 0.25) is 0 Å². The van der Waals surface area contributed by atoms with E-state index in [-0.39, 0.29) is 11.8 Å². The summed E-state index contributed by atoms with van der Waals surface area (Å²) in [5, 5.41) is 9.43. The van der Waals surface area contributed by atoms with Crippen LogP contribution in [0.15, 0.2) is 53.5 Å². The molecule has 3 rings (SSSR count). The maximum absolute atomic E-state index is 9.43. The third-order valence-electron chi connectivity index (χ3n) is 3.61. The summed E-state index contributed by atoms with van der Waals surface area (Å²) in [5.74, 6) is 1.47. The number of nitrogens with two attached hydrogens (primary N) is 1. The van der Waals surface area contributed by atoms with E-state index in [1.807, 2.05) is 41.3 Å². The highest BCUT2D eigenvalue weighted by Crippen LogP contribution is 2.36. The van der Waals surface area contributed by atoms with E-state index in [2.05, 4.69) is 4.99 Å². The number of hydrogen-bond acceptors (Lipinski definition) is 5. The quantitative estimate of drug-likeness (QED) is 0.906. The highest BCUT2D eigenvalue weighted by molar-refractivity contribution is 5.98. The van der Waals surface area contributed by atoms with E-state index in [0.717, 1.165) is 17.0 Å². The van der Waals surface area contributed by atoms with Crippen molar-refractivity contribution >= 4 is 11.6 Å². The van der Waals surface area contributed by atoms with Crippen LogP contribution in [0.5, 0.6) is 11.5 Å². The second-order valence-corrected chi connectivity index (χ2v) is 4.85. The molecule has 0 amide bonds. The molecule has 5 nitrogen and oxygen atoms in total. The lowest BCUT2D eigenvalue weighted by molar-refractivity contribution is 0.415. The van der Waals surface area contributed by atoms with Gasteiger partial charge in [0.15, 0.2) is 5.96 Å². The van der Waals surface area contributed by atoms with Gasteiger partial charge in [0, 0.05) is 0 Å². The average Bonchev–Trinajstić information content (AvgIpc) is 2.89. The molecule has 0 spiro atoms. The van der Waals surface area contributed by atoms with Crippen molar-refractivity contribution < 1.29 is 9.84 Å². The number of rotatable bonds is 3. The van der Waals surface area contributed by atoms with Gasteiger partial charge in [-0.25, -0.2) is 0 Å². The normalized spacial score (nSPS) is 17.7. The Morgan fingerprint density at radius 1 is 1.19 bits per heavy atom. The number of anilines is 1. The van der Waals surface area contributed by atoms with Crippen molar-refractivity contribution in [1.82, 2.24) is 0 Å². The summed E-state index contributed by atoms with van der Waals surface area (Å²) in [5.41, 5.74) is 7.99. The maximum Gasteiger partial charge on any atom is 0.196 e. The average molecular weight is 283 g/mol. The largest absolute Gasteiger partial charge is 0.508 e. The van der Waals surface area contributed by atoms with Gasteiger partial charge < -0.3 is 15.6 Å². The molecule has 0 saturated carbocycles. The molecule has 108 valence electrons. The van der Waals surface area contributed by atoms with E-state index in [1.54, 1.807) is 19.2 Å². The number of benzene rings is 2. The van der Waals surface area contributed by atoms with Crippen molar-refractivity contribution in [3.8, 4) is 11.5 Å². The Hall–Kier alpha value is -2.69. The summed E-state index contributed by atoms with van der Waals surface area (Å²) in [6.07, 6.45) is 0. The van der Waals surface area contributed by atoms with Crippen LogP contribution in [0.3, 0.4) is 0 Å². The summed E-state index contributed by atoms with van der Waals surface area (Å²) >= 11 is 0. The molecular formula is C16H17N3O2. The van der Waals surface area contributed by atoms with E-state index < -0.39 is 0 Å². The summed E-state index contributed by atoms with van der Waals surface area (Å²) in [7, 11) is 1.64. The molecular weight excluding hydrogens is 266 g/mol. The minimum Gasteiger partial charge on any atom is -0.508 e. The molecule has 2 aromatic carbocycles. The minimum absolute atomic E-state index is 0.00176. The number of para-hydroxylation sites is 2. The molecule has 1 aliphatic heterocycles. The number of ether oxygens (including phenoxy) is 1. The third-order valence-corrected chi connectivity index (χ3v) is 3.61. The molecule has 1 unspecified atom stereocenters. The fraction of sp³-hybridized carbons (Fsp3) is 0.188. The van der Waals surface area contributed by atoms with Crippen LogP contribution in [0, 0.1) is 0 Å². The van der Waals surface area contributed by atoms with Crippen LogP contribution in [-0.2, 0) is 0 Å². The molecule has 0 aliphatic carbocycles. The van der Waals surface area contributed by atoms with Crippen LogP contribution in [-0.4, -0.2) is 24.7 Å². The number of phenolic OH excluding ortho intramolecular Hbond substituents is 1. The highest BCUT2D eigenvalue weighted by Gasteiger charge is 2.30. The van der Waals surface area contributed by atoms with Gasteiger partial charge in [-0.15, -0.1) is 0 Å². The number of phenols is 1. The summed E-state index contributed by atoms with van der Waals surface area (Å²) in [4.78, 5) is 6.32. The lowest BCUT2D eigenvalue weighted by Crippen LogP contribution is -2.36. The number of aromatic hydroxyl groups is 1. The fourth-order valence-corrected chi connectivity index (χ4v) is 2.57. The molecule has 0 bridgehead atoms. The van der Waals surface area contributed by atoms with Gasteiger partial charge >= 0.3 is 0 Å². The predicted molar refractivity (Wildman–Crippen MR) is 82.8 cm³/mol. The standard InChI is InChI=1S/C16H17N3O2/c1-21-15-5-3-2-4-13(15)19-14(10-18-16(19)17)11-6-8-12(20)9-7-11/h2-9,14,20H,10H2,1H3,(H2,17,18). The predicted octanol–water partition coefficient (Wildman–Crippen LogP) is 2.28. The molecule has 1 aliphatic rings. The van der Waals surface area contributed by atoms with Crippen molar-refractivity contribution in [3.05, 3.63) is 54.1 Å². The SMILES string of the molecule is COc1ccccc1N1C(N)=NCC1c1ccc(O)cc1. The number of aliphatic imine (C=N–C) groups is 1. The first-order valence-electron chi connectivity index (χ1n) is 6.72. The Kier molecular flexibility index (Phi) is 3.39. The van der Waals surface area contributed by atoms with E-state index in [4.69, 9.17) is 10.5 Å². The topological polar surface area (TPSA) is 71.1 Å². The van der Waals surface area contributed by atoms with Crippen LogP contribution in [0.1, 0.15) is 11.6 Å². The van der Waals surface area contributed by atoms with Crippen LogP contribution in [0.25, 0.3) is 0 Å². The lowest BCUT2D eigenvalue weighted by atomic mass is 10.1. The number of methoxy groups -OCH3 is 1. The van der Waals surface area contributed by atoms with E-state index in [1.165, 1.54) is 0 Å². The molecule has 0 fully saturated rings. The number of nitrogens with zero attached hydrogens (tertiary/aromatic N) is 2. The van der Waals surface area contributed by atoms with Crippen molar-refractivity contribution in [2.45, 2.75) is 6.04 Å². The van der Waals surface area contributed by atoms with Crippen LogP contribution >= 0.6 is 0 Å². The Bertz CT molecular complexity index is 667. The van der Waals surface area contributed by atoms with Gasteiger partial charge in [0.05, 0.1) is 25.4 Å². The van der Waals surface area contributed by atoms with E-state index >= 15 is 0 Å². The van der Waals surface area contributed by atoms with Crippen molar-refractivity contribution in [2.75, 3.05) is 18.6 Å². The Morgan fingerprint density at radius 2 is 1.90 bits per heavy atom. The Balaban J connectivity index is 2.01. The van der Waals surface area contributed by atoms with Crippen molar-refractivity contribution in [3.63, 3.8) is 0 Å². The molecule has 2 aromatic rings. The smallest absolute Gasteiger partial charge is 0.196 e. The monoisotopic (exact) mass is 283 g/mol. The van der Waals surface area contributed by atoms with Gasteiger partial charge in [0.1, 0.15) is 11.5 Å². The number of hydrogen-bond donors (Lipinski definition) is 2. The third kappa shape index (κ3) is 2.38. The Labute approximate surface area is 123 Å². The first kappa shape index (κ1) is 13.3. The van der Waals surface area contributed by atoms with Crippen LogP contribution in [0.4, 0.5) is 5.69 Å². The van der Waals surface area contributed by atoms with Gasteiger partial charge in [-0.1, -0.05) is 24.3 Å². The molecule has 0 aromatic heterocycles. The maximum atomic E-state index is 9.43. The zero-order valence-corrected chi connectivity index (χ0v) is 11.7. The van der Waals surface area contributed by atoms with E-state index in [9.17, 15) is 5.11 Å². The molecule has 3 N–H and O–H groups in total. The van der Waals surface area contributed by atoms with Gasteiger partial charge in [0.25, 0.3) is 0 Å². The van der Waals surface area contributed by atoms with Crippen molar-refractivity contribution in [2.24, 2.45) is 10.7 Å². The summed E-state index contributed by atoms with van der Waals surface area (Å²) in [6, 6.07) is 14.8.